The summed E-state index contributed by atoms with van der Waals surface area (Å²) in [5, 5.41) is 29.0. The molecule has 0 aliphatic carbocycles. The summed E-state index contributed by atoms with van der Waals surface area (Å²) in [5.41, 5.74) is 6.17. The zero-order chi connectivity index (χ0) is 23.7. The summed E-state index contributed by atoms with van der Waals surface area (Å²) in [4.78, 5) is 47.6. The Morgan fingerprint density at radius 2 is 2.27 bits per heavy atom. The van der Waals surface area contributed by atoms with E-state index in [0.717, 1.165) is 11.3 Å². The van der Waals surface area contributed by atoms with Gasteiger partial charge in [0.2, 0.25) is 5.16 Å². The molecule has 0 bridgehead atoms. The van der Waals surface area contributed by atoms with Crippen LogP contribution in [0, 0.1) is 0 Å². The van der Waals surface area contributed by atoms with Crippen LogP contribution in [-0.4, -0.2) is 88.7 Å². The minimum atomic E-state index is -1.22. The van der Waals surface area contributed by atoms with E-state index in [1.54, 1.807) is 12.4 Å². The Morgan fingerprint density at radius 3 is 2.88 bits per heavy atom. The Morgan fingerprint density at radius 1 is 1.48 bits per heavy atom. The Labute approximate surface area is 198 Å². The molecular formula is C16H17N9O5S3. The first-order valence-corrected chi connectivity index (χ1v) is 12.1. The van der Waals surface area contributed by atoms with Crippen molar-refractivity contribution < 1.29 is 24.3 Å². The molecule has 14 nitrogen and oxygen atoms in total. The highest BCUT2D eigenvalue weighted by Crippen LogP contribution is 2.41. The summed E-state index contributed by atoms with van der Waals surface area (Å²) >= 11 is 3.75. The van der Waals surface area contributed by atoms with Gasteiger partial charge in [0.25, 0.3) is 11.8 Å². The van der Waals surface area contributed by atoms with Crippen LogP contribution in [0.25, 0.3) is 0 Å². The van der Waals surface area contributed by atoms with Gasteiger partial charge in [0.1, 0.15) is 29.9 Å². The number of nitrogens with one attached hydrogen (secondary N) is 1. The highest BCUT2D eigenvalue weighted by Gasteiger charge is 2.54. The number of nitrogens with two attached hydrogens (primary N) is 1. The molecule has 174 valence electrons. The van der Waals surface area contributed by atoms with Crippen molar-refractivity contribution in [3.8, 4) is 0 Å². The Bertz CT molecular complexity index is 1180. The van der Waals surface area contributed by atoms with Crippen molar-refractivity contribution in [2.45, 2.75) is 16.6 Å². The van der Waals surface area contributed by atoms with Gasteiger partial charge in [-0.15, -0.1) is 28.2 Å². The minimum Gasteiger partial charge on any atom is -0.477 e. The summed E-state index contributed by atoms with van der Waals surface area (Å²) in [6.07, 6.45) is 0. The Balaban J connectivity index is 1.49. The van der Waals surface area contributed by atoms with Crippen LogP contribution in [0.2, 0.25) is 0 Å². The van der Waals surface area contributed by atoms with Crippen LogP contribution in [-0.2, 0) is 26.3 Å². The van der Waals surface area contributed by atoms with Gasteiger partial charge < -0.3 is 21.0 Å². The molecule has 4 heterocycles. The molecule has 0 radical (unpaired) electrons. The van der Waals surface area contributed by atoms with Crippen molar-refractivity contribution >= 4 is 63.5 Å². The van der Waals surface area contributed by atoms with Crippen molar-refractivity contribution in [3.05, 3.63) is 22.3 Å². The standard InChI is InChI=1S/C16H17N9O5S3/c1-24-16(20-22-23-24)33-4-6-3-31-13-9(12(27)25(13)10(6)14(28)29)19-11(26)8(21-30-2)7-5-32-15(17)18-7/h5,9,13H,3-4H2,1-2H3,(H2,17,18)(H,19,26)(H,28,29)/b21-8+/t9-,13?/m0/s1. The highest BCUT2D eigenvalue weighted by atomic mass is 32.2. The van der Waals surface area contributed by atoms with Crippen LogP contribution in [0.1, 0.15) is 5.69 Å². The fourth-order valence-corrected chi connectivity index (χ4v) is 6.07. The number of carbonyl (C=O) groups excluding carboxylic acids is 2. The van der Waals surface area contributed by atoms with Gasteiger partial charge in [-0.25, -0.2) is 14.5 Å². The van der Waals surface area contributed by atoms with Crippen molar-refractivity contribution in [1.82, 2.24) is 35.4 Å². The average molecular weight is 512 g/mol. The second-order valence-corrected chi connectivity index (χ2v) is 9.62. The van der Waals surface area contributed by atoms with Gasteiger partial charge >= 0.3 is 5.97 Å². The van der Waals surface area contributed by atoms with Crippen molar-refractivity contribution in [1.29, 1.82) is 0 Å². The largest absolute Gasteiger partial charge is 0.477 e. The summed E-state index contributed by atoms with van der Waals surface area (Å²) < 4.78 is 1.47. The molecule has 2 aromatic heterocycles. The SMILES string of the molecule is CO/N=C(/C(=O)N[C@H]1C(=O)N2C(C(=O)O)=C(CSc3nnnn3C)CSC12)c1csc(N)n1. The lowest BCUT2D eigenvalue weighted by molar-refractivity contribution is -0.150. The van der Waals surface area contributed by atoms with E-state index in [-0.39, 0.29) is 22.2 Å². The monoisotopic (exact) mass is 511 g/mol. The number of nitrogens with zero attached hydrogens (tertiary/aromatic N) is 7. The van der Waals surface area contributed by atoms with Crippen LogP contribution in [0.5, 0.6) is 0 Å². The van der Waals surface area contributed by atoms with Gasteiger partial charge in [0.05, 0.1) is 0 Å². The molecule has 0 aromatic carbocycles. The third-order valence-electron chi connectivity index (χ3n) is 4.66. The zero-order valence-corrected chi connectivity index (χ0v) is 19.6. The van der Waals surface area contributed by atoms with Crippen molar-refractivity contribution in [2.24, 2.45) is 12.2 Å². The van der Waals surface area contributed by atoms with Crippen molar-refractivity contribution in [2.75, 3.05) is 24.3 Å². The number of tetrazole rings is 1. The zero-order valence-electron chi connectivity index (χ0n) is 17.2. The molecule has 4 N–H and O–H groups in total. The molecule has 2 atom stereocenters. The molecule has 2 amide bonds. The summed E-state index contributed by atoms with van der Waals surface area (Å²) in [6.45, 7) is 0. The van der Waals surface area contributed by atoms with Crippen LogP contribution in [0.3, 0.4) is 0 Å². The number of hydrogen-bond acceptors (Lipinski definition) is 13. The van der Waals surface area contributed by atoms with Gasteiger partial charge in [0.15, 0.2) is 10.8 Å². The molecule has 2 aliphatic heterocycles. The normalized spacial score (nSPS) is 20.4. The van der Waals surface area contributed by atoms with E-state index in [9.17, 15) is 19.5 Å². The maximum atomic E-state index is 12.9. The molecule has 17 heteroatoms. The first kappa shape index (κ1) is 23.0. The molecule has 0 spiro atoms. The van der Waals surface area contributed by atoms with E-state index < -0.39 is 29.2 Å². The second kappa shape index (κ2) is 9.36. The van der Waals surface area contributed by atoms with E-state index in [4.69, 9.17) is 10.6 Å². The number of carboxylic acid groups (broad SMARTS) is 1. The van der Waals surface area contributed by atoms with Crippen LogP contribution >= 0.6 is 34.9 Å². The van der Waals surface area contributed by atoms with Gasteiger partial charge in [-0.1, -0.05) is 16.9 Å². The van der Waals surface area contributed by atoms with E-state index >= 15 is 0 Å². The summed E-state index contributed by atoms with van der Waals surface area (Å²) in [6, 6.07) is -0.924. The molecular weight excluding hydrogens is 494 g/mol. The number of aliphatic carboxylic acids is 1. The van der Waals surface area contributed by atoms with Crippen LogP contribution in [0.4, 0.5) is 5.13 Å². The maximum absolute atomic E-state index is 12.9. The molecule has 1 unspecified atom stereocenters. The molecule has 2 aromatic rings. The number of thioether (sulfide) groups is 2. The number of nitrogen functional groups attached to an aromatic ring is 1. The van der Waals surface area contributed by atoms with E-state index in [1.807, 2.05) is 0 Å². The third-order valence-corrected chi connectivity index (χ3v) is 7.77. The number of thiazole rings is 1. The number of oxime groups is 1. The number of fused-ring (bicyclic) bond motifs is 1. The number of hydrogen-bond donors (Lipinski definition) is 3. The van der Waals surface area contributed by atoms with Gasteiger partial charge in [-0.05, 0) is 16.0 Å². The fourth-order valence-electron chi connectivity index (χ4n) is 3.19. The summed E-state index contributed by atoms with van der Waals surface area (Å²) in [5.74, 6) is -1.77. The number of aromatic nitrogens is 5. The number of anilines is 1. The lowest BCUT2D eigenvalue weighted by Crippen LogP contribution is -2.71. The first-order chi connectivity index (χ1) is 15.8. The molecule has 1 fully saturated rings. The number of rotatable bonds is 8. The molecule has 4 rings (SSSR count). The second-order valence-electron chi connectivity index (χ2n) is 6.69. The topological polar surface area (TPSA) is 191 Å². The summed E-state index contributed by atoms with van der Waals surface area (Å²) in [7, 11) is 2.95. The lowest BCUT2D eigenvalue weighted by atomic mass is 10.0. The molecule has 1 saturated heterocycles. The fraction of sp³-hybridized carbons (Fsp3) is 0.375. The van der Waals surface area contributed by atoms with Crippen molar-refractivity contribution in [3.63, 3.8) is 0 Å². The highest BCUT2D eigenvalue weighted by molar-refractivity contribution is 8.01. The van der Waals surface area contributed by atoms with Crippen LogP contribution in [0.15, 0.2) is 27.0 Å². The molecule has 33 heavy (non-hydrogen) atoms. The van der Waals surface area contributed by atoms with Gasteiger partial charge in [-0.3, -0.25) is 14.5 Å². The van der Waals surface area contributed by atoms with E-state index in [1.165, 1.54) is 40.2 Å². The third kappa shape index (κ3) is 4.38. The number of aryl methyl sites for hydroxylation is 1. The predicted molar refractivity (Wildman–Crippen MR) is 119 cm³/mol. The lowest BCUT2D eigenvalue weighted by Gasteiger charge is -2.49. The first-order valence-electron chi connectivity index (χ1n) is 9.20. The van der Waals surface area contributed by atoms with Gasteiger partial charge in [-0.2, -0.15) is 0 Å². The number of amides is 2. The smallest absolute Gasteiger partial charge is 0.352 e. The minimum absolute atomic E-state index is 0.0880. The van der Waals surface area contributed by atoms with E-state index in [2.05, 4.69) is 31.0 Å². The predicted octanol–water partition coefficient (Wildman–Crippen LogP) is -0.870. The number of β-lactam (4-membered cyclic amide) rings is 1. The van der Waals surface area contributed by atoms with Gasteiger partial charge in [0, 0.05) is 23.9 Å². The van der Waals surface area contributed by atoms with Crippen LogP contribution < -0.4 is 11.1 Å². The van der Waals surface area contributed by atoms with E-state index in [0.29, 0.717) is 22.2 Å². The number of carboxylic acids is 1. The quantitative estimate of drug-likeness (QED) is 0.172. The Kier molecular flexibility index (Phi) is 6.52. The molecule has 0 saturated carbocycles. The number of carbonyl (C=O) groups is 3. The Hall–Kier alpha value is -3.18. The average Bonchev–Trinajstić information content (AvgIpc) is 3.40. The maximum Gasteiger partial charge on any atom is 0.352 e. The molecule has 2 aliphatic rings.